The first-order chi connectivity index (χ1) is 16.2. The average Bonchev–Trinajstić information content (AvgIpc) is 3.48. The van der Waals surface area contributed by atoms with E-state index in [0.29, 0.717) is 0 Å². The summed E-state index contributed by atoms with van der Waals surface area (Å²) in [5.74, 6) is 0.243. The van der Waals surface area contributed by atoms with Crippen molar-refractivity contribution in [1.82, 2.24) is 30.7 Å². The van der Waals surface area contributed by atoms with E-state index in [4.69, 9.17) is 0 Å². The molecule has 7 nitrogen and oxygen atoms in total. The summed E-state index contributed by atoms with van der Waals surface area (Å²) in [6.45, 7) is 10.5. The van der Waals surface area contributed by atoms with Gasteiger partial charge in [0.15, 0.2) is 0 Å². The quantitative estimate of drug-likeness (QED) is 0.398. The molecule has 3 heterocycles. The van der Waals surface area contributed by atoms with E-state index in [-0.39, 0.29) is 18.0 Å². The lowest BCUT2D eigenvalue weighted by atomic mass is 10.0. The number of nitrogens with zero attached hydrogens (tertiary/aromatic N) is 4. The Labute approximate surface area is 199 Å². The van der Waals surface area contributed by atoms with Crippen LogP contribution >= 0.6 is 0 Å². The van der Waals surface area contributed by atoms with Crippen LogP contribution in [0.25, 0.3) is 12.2 Å². The zero-order valence-corrected chi connectivity index (χ0v) is 20.3. The number of rotatable bonds is 13. The number of hydrogen-bond donors (Lipinski definition) is 3. The van der Waals surface area contributed by atoms with E-state index >= 15 is 0 Å². The molecule has 0 saturated carbocycles. The number of piperazine rings is 1. The molecule has 0 spiro atoms. The van der Waals surface area contributed by atoms with Crippen molar-refractivity contribution in [3.05, 3.63) is 54.7 Å². The van der Waals surface area contributed by atoms with Crippen LogP contribution in [0.4, 0.5) is 0 Å². The van der Waals surface area contributed by atoms with Crippen LogP contribution in [-0.2, 0) is 0 Å². The molecule has 0 bridgehead atoms. The third-order valence-corrected chi connectivity index (χ3v) is 6.34. The minimum atomic E-state index is 0.197. The smallest absolute Gasteiger partial charge is 0.0750 e. The number of nitrogens with one attached hydrogen (secondary N) is 3. The van der Waals surface area contributed by atoms with Crippen molar-refractivity contribution in [3.63, 3.8) is 0 Å². The maximum Gasteiger partial charge on any atom is 0.0750 e. The first-order valence-electron chi connectivity index (χ1n) is 12.4. The summed E-state index contributed by atoms with van der Waals surface area (Å²) in [6.07, 6.45) is 24.9. The van der Waals surface area contributed by atoms with Gasteiger partial charge in [-0.2, -0.15) is 10.2 Å². The van der Waals surface area contributed by atoms with E-state index in [1.807, 2.05) is 12.4 Å². The number of likely N-dealkylation sites (N-methyl/N-ethyl adjacent to an activating group) is 1. The number of aromatic nitrogens is 2. The average molecular weight is 452 g/mol. The summed E-state index contributed by atoms with van der Waals surface area (Å²) < 4.78 is 0. The Balaban J connectivity index is 1.54. The van der Waals surface area contributed by atoms with Gasteiger partial charge in [0.05, 0.1) is 17.9 Å². The monoisotopic (exact) mass is 451 g/mol. The summed E-state index contributed by atoms with van der Waals surface area (Å²) in [4.78, 5) is 4.76. The first-order valence-corrected chi connectivity index (χ1v) is 12.4. The van der Waals surface area contributed by atoms with Gasteiger partial charge < -0.3 is 20.5 Å². The van der Waals surface area contributed by atoms with Crippen LogP contribution in [0.3, 0.4) is 0 Å². The van der Waals surface area contributed by atoms with Crippen molar-refractivity contribution < 1.29 is 0 Å². The molecule has 7 heteroatoms. The summed E-state index contributed by atoms with van der Waals surface area (Å²) in [7, 11) is 2.18. The van der Waals surface area contributed by atoms with E-state index in [9.17, 15) is 0 Å². The van der Waals surface area contributed by atoms with Crippen LogP contribution in [0.2, 0.25) is 0 Å². The Bertz CT molecular complexity index is 814. The van der Waals surface area contributed by atoms with Crippen LogP contribution in [0.5, 0.6) is 0 Å². The molecule has 3 atom stereocenters. The molecule has 1 aromatic heterocycles. The van der Waals surface area contributed by atoms with Crippen molar-refractivity contribution in [2.75, 3.05) is 33.2 Å². The lowest BCUT2D eigenvalue weighted by Crippen LogP contribution is -2.42. The number of aromatic amines is 1. The van der Waals surface area contributed by atoms with Gasteiger partial charge in [0.1, 0.15) is 0 Å². The van der Waals surface area contributed by atoms with Crippen molar-refractivity contribution in [3.8, 4) is 0 Å². The summed E-state index contributed by atoms with van der Waals surface area (Å²) in [5.41, 5.74) is 5.25. The summed E-state index contributed by atoms with van der Waals surface area (Å²) >= 11 is 0. The van der Waals surface area contributed by atoms with Crippen molar-refractivity contribution >= 4 is 18.4 Å². The second-order valence-electron chi connectivity index (χ2n) is 8.98. The zero-order valence-electron chi connectivity index (χ0n) is 20.3. The standard InChI is InChI=1S/C26H41N7/c1-4-6-7-8-9-24(11-10-22-20-28-30-25(22)5-2)27-14-12-23-21-29-31-26(23)13-15-33-18-16-32(3)17-19-33/h5,10-15,20-21,23-24,26-27,31H,2,4,6-9,16-19H2,1,3H3,(H,28,30)/b11-10+,14-12+,15-13+. The fraction of sp³-hybridized carbons (Fsp3) is 0.538. The highest BCUT2D eigenvalue weighted by Gasteiger charge is 2.19. The second kappa shape index (κ2) is 13.7. The van der Waals surface area contributed by atoms with Crippen LogP contribution in [0, 0.1) is 5.92 Å². The Hall–Kier alpha value is -2.80. The Morgan fingerprint density at radius 2 is 2.06 bits per heavy atom. The van der Waals surface area contributed by atoms with Gasteiger partial charge in [0, 0.05) is 49.9 Å². The van der Waals surface area contributed by atoms with Crippen LogP contribution in [0.1, 0.15) is 50.3 Å². The second-order valence-corrected chi connectivity index (χ2v) is 8.98. The fourth-order valence-electron chi connectivity index (χ4n) is 4.06. The van der Waals surface area contributed by atoms with E-state index < -0.39 is 0 Å². The van der Waals surface area contributed by atoms with Gasteiger partial charge in [-0.1, -0.05) is 57.4 Å². The van der Waals surface area contributed by atoms with Gasteiger partial charge in [-0.05, 0) is 38.0 Å². The Morgan fingerprint density at radius 1 is 1.21 bits per heavy atom. The van der Waals surface area contributed by atoms with E-state index in [2.05, 4.69) is 93.1 Å². The molecule has 0 amide bonds. The molecular formula is C26H41N7. The SMILES string of the molecule is C=Cc1[nH]ncc1/C=C/C(CCCCCC)N/C=C/C1C=NNC1/C=C/N1CCN(C)CC1. The predicted octanol–water partition coefficient (Wildman–Crippen LogP) is 3.84. The molecule has 1 saturated heterocycles. The van der Waals surface area contributed by atoms with Crippen LogP contribution in [0.15, 0.2) is 48.5 Å². The Morgan fingerprint density at radius 3 is 2.85 bits per heavy atom. The predicted molar refractivity (Wildman–Crippen MR) is 140 cm³/mol. The molecule has 3 N–H and O–H groups in total. The molecule has 1 aromatic rings. The summed E-state index contributed by atoms with van der Waals surface area (Å²) in [5, 5.41) is 15.0. The van der Waals surface area contributed by atoms with Gasteiger partial charge in [-0.25, -0.2) is 0 Å². The highest BCUT2D eigenvalue weighted by Crippen LogP contribution is 2.14. The lowest BCUT2D eigenvalue weighted by Gasteiger charge is -2.31. The molecule has 0 radical (unpaired) electrons. The first kappa shape index (κ1) is 24.8. The van der Waals surface area contributed by atoms with E-state index in [0.717, 1.165) is 43.9 Å². The van der Waals surface area contributed by atoms with E-state index in [1.54, 1.807) is 6.08 Å². The molecule has 2 aliphatic heterocycles. The third kappa shape index (κ3) is 8.24. The molecule has 0 aliphatic carbocycles. The normalized spacial score (nSPS) is 22.5. The third-order valence-electron chi connectivity index (χ3n) is 6.34. The molecular weight excluding hydrogens is 410 g/mol. The van der Waals surface area contributed by atoms with Gasteiger partial charge >= 0.3 is 0 Å². The van der Waals surface area contributed by atoms with Crippen molar-refractivity contribution in [2.24, 2.45) is 11.0 Å². The highest BCUT2D eigenvalue weighted by molar-refractivity contribution is 5.67. The molecule has 0 aromatic carbocycles. The van der Waals surface area contributed by atoms with Gasteiger partial charge in [-0.15, -0.1) is 0 Å². The molecule has 33 heavy (non-hydrogen) atoms. The highest BCUT2D eigenvalue weighted by atomic mass is 15.3. The molecule has 180 valence electrons. The molecule has 3 rings (SSSR count). The maximum absolute atomic E-state index is 4.31. The van der Waals surface area contributed by atoms with E-state index in [1.165, 1.54) is 25.7 Å². The number of unbranched alkanes of at least 4 members (excludes halogenated alkanes) is 3. The maximum atomic E-state index is 4.31. The fourth-order valence-corrected chi connectivity index (χ4v) is 4.06. The minimum absolute atomic E-state index is 0.197. The van der Waals surface area contributed by atoms with Crippen molar-refractivity contribution in [1.29, 1.82) is 0 Å². The molecule has 2 aliphatic rings. The van der Waals surface area contributed by atoms with Crippen LogP contribution in [-0.4, -0.2) is 71.5 Å². The number of hydrogen-bond acceptors (Lipinski definition) is 6. The lowest BCUT2D eigenvalue weighted by molar-refractivity contribution is 0.198. The zero-order chi connectivity index (χ0) is 23.3. The van der Waals surface area contributed by atoms with Gasteiger partial charge in [-0.3, -0.25) is 5.10 Å². The molecule has 1 fully saturated rings. The van der Waals surface area contributed by atoms with Gasteiger partial charge in [0.2, 0.25) is 0 Å². The largest absolute Gasteiger partial charge is 0.385 e. The summed E-state index contributed by atoms with van der Waals surface area (Å²) in [6, 6.07) is 0.471. The molecule has 3 unspecified atom stereocenters. The topological polar surface area (TPSA) is 71.6 Å². The number of H-pyrrole nitrogens is 1. The Kier molecular flexibility index (Phi) is 10.3. The van der Waals surface area contributed by atoms with Gasteiger partial charge in [0.25, 0.3) is 0 Å². The minimum Gasteiger partial charge on any atom is -0.385 e. The van der Waals surface area contributed by atoms with Crippen LogP contribution < -0.4 is 10.7 Å². The number of hydrazone groups is 1. The van der Waals surface area contributed by atoms with Crippen molar-refractivity contribution in [2.45, 2.75) is 51.1 Å².